The van der Waals surface area contributed by atoms with Crippen molar-refractivity contribution in [3.05, 3.63) is 35.8 Å². The van der Waals surface area contributed by atoms with Crippen LogP contribution in [0.3, 0.4) is 0 Å². The van der Waals surface area contributed by atoms with Gasteiger partial charge in [0.2, 0.25) is 0 Å². The Hall–Kier alpha value is -1.58. The molecule has 12 heavy (non-hydrogen) atoms. The molecule has 0 unspecified atom stereocenters. The van der Waals surface area contributed by atoms with Gasteiger partial charge in [0, 0.05) is 12.5 Å². The highest BCUT2D eigenvalue weighted by atomic mass is 16.5. The topological polar surface area (TPSA) is 49.1 Å². The van der Waals surface area contributed by atoms with Gasteiger partial charge >= 0.3 is 6.01 Å². The van der Waals surface area contributed by atoms with Crippen LogP contribution in [-0.2, 0) is 6.42 Å². The lowest BCUT2D eigenvalue weighted by Gasteiger charge is -2.07. The Morgan fingerprint density at radius 3 is 3.17 bits per heavy atom. The number of hydrogen-bond acceptors (Lipinski definition) is 3. The van der Waals surface area contributed by atoms with Crippen molar-refractivity contribution in [2.24, 2.45) is 0 Å². The summed E-state index contributed by atoms with van der Waals surface area (Å²) in [6, 6.07) is 1.70. The molecule has 0 radical (unpaired) electrons. The maximum atomic E-state index is 11.3. The van der Waals surface area contributed by atoms with Gasteiger partial charge in [-0.25, -0.2) is 0 Å². The van der Waals surface area contributed by atoms with Crippen LogP contribution in [0, 0.1) is 5.21 Å². The van der Waals surface area contributed by atoms with E-state index in [0.29, 0.717) is 16.8 Å². The van der Waals surface area contributed by atoms with Crippen LogP contribution >= 0.6 is 0 Å². The van der Waals surface area contributed by atoms with E-state index in [1.54, 1.807) is 12.1 Å². The zero-order valence-electron chi connectivity index (χ0n) is 6.86. The standard InChI is InChI=1S/C8H10N2O2/c1-3-4-7-5-6-9-8(12-2)10(7)11/h3,5-6H,1,4H2,2H3. The molecule has 0 N–H and O–H groups in total. The molecule has 4 heteroatoms. The second-order valence-corrected chi connectivity index (χ2v) is 2.21. The van der Waals surface area contributed by atoms with Crippen molar-refractivity contribution in [3.63, 3.8) is 0 Å². The molecule has 0 aliphatic rings. The van der Waals surface area contributed by atoms with Crippen molar-refractivity contribution in [2.75, 3.05) is 7.11 Å². The lowest BCUT2D eigenvalue weighted by molar-refractivity contribution is -0.623. The second-order valence-electron chi connectivity index (χ2n) is 2.21. The molecule has 64 valence electrons. The summed E-state index contributed by atoms with van der Waals surface area (Å²) >= 11 is 0. The minimum Gasteiger partial charge on any atom is -0.708 e. The Morgan fingerprint density at radius 1 is 1.83 bits per heavy atom. The molecule has 1 aromatic heterocycles. The molecule has 0 atom stereocenters. The van der Waals surface area contributed by atoms with Crippen LogP contribution in [0.5, 0.6) is 6.01 Å². The molecule has 0 amide bonds. The molecule has 0 aliphatic carbocycles. The average molecular weight is 166 g/mol. The summed E-state index contributed by atoms with van der Waals surface area (Å²) in [6.45, 7) is 3.54. The van der Waals surface area contributed by atoms with Crippen LogP contribution in [0.25, 0.3) is 0 Å². The number of ether oxygens (including phenoxy) is 1. The van der Waals surface area contributed by atoms with Gasteiger partial charge in [-0.3, -0.25) is 0 Å². The smallest absolute Gasteiger partial charge is 0.501 e. The molecule has 1 rings (SSSR count). The Labute approximate surface area is 70.7 Å². The molecule has 1 aromatic rings. The Balaban J connectivity index is 3.04. The van der Waals surface area contributed by atoms with E-state index in [4.69, 9.17) is 4.74 Å². The van der Waals surface area contributed by atoms with E-state index in [1.165, 1.54) is 13.3 Å². The van der Waals surface area contributed by atoms with Gasteiger partial charge in [0.15, 0.2) is 0 Å². The molecule has 0 aromatic carbocycles. The van der Waals surface area contributed by atoms with Crippen molar-refractivity contribution in [3.8, 4) is 6.01 Å². The lowest BCUT2D eigenvalue weighted by atomic mass is 10.3. The van der Waals surface area contributed by atoms with Crippen LogP contribution < -0.4 is 9.47 Å². The van der Waals surface area contributed by atoms with Crippen molar-refractivity contribution in [2.45, 2.75) is 6.42 Å². The fraction of sp³-hybridized carbons (Fsp3) is 0.250. The fourth-order valence-electron chi connectivity index (χ4n) is 0.865. The van der Waals surface area contributed by atoms with Crippen LogP contribution in [0.2, 0.25) is 0 Å². The third-order valence-electron chi connectivity index (χ3n) is 1.42. The first-order valence-electron chi connectivity index (χ1n) is 3.52. The lowest BCUT2D eigenvalue weighted by Crippen LogP contribution is -2.34. The van der Waals surface area contributed by atoms with Crippen LogP contribution in [0.15, 0.2) is 24.9 Å². The molecular weight excluding hydrogens is 156 g/mol. The van der Waals surface area contributed by atoms with Crippen molar-refractivity contribution in [1.82, 2.24) is 4.98 Å². The molecule has 0 saturated heterocycles. The predicted octanol–water partition coefficient (Wildman–Crippen LogP) is 0.452. The van der Waals surface area contributed by atoms with Gasteiger partial charge in [-0.1, -0.05) is 6.08 Å². The molecule has 4 nitrogen and oxygen atoms in total. The maximum absolute atomic E-state index is 11.3. The van der Waals surface area contributed by atoms with Gasteiger partial charge in [0.05, 0.1) is 7.11 Å². The number of rotatable bonds is 3. The minimum atomic E-state index is 0.0642. The van der Waals surface area contributed by atoms with E-state index in [9.17, 15) is 5.21 Å². The molecule has 1 heterocycles. The zero-order valence-corrected chi connectivity index (χ0v) is 6.86. The van der Waals surface area contributed by atoms with Crippen molar-refractivity contribution in [1.29, 1.82) is 0 Å². The van der Waals surface area contributed by atoms with Crippen LogP contribution in [-0.4, -0.2) is 12.1 Å². The van der Waals surface area contributed by atoms with Gasteiger partial charge in [-0.2, -0.15) is 4.73 Å². The molecule has 0 aliphatic heterocycles. The number of hydrogen-bond donors (Lipinski definition) is 0. The van der Waals surface area contributed by atoms with Crippen molar-refractivity contribution >= 4 is 0 Å². The molecule has 0 fully saturated rings. The molecule has 0 spiro atoms. The first-order chi connectivity index (χ1) is 5.79. The summed E-state index contributed by atoms with van der Waals surface area (Å²) in [7, 11) is 1.41. The summed E-state index contributed by atoms with van der Waals surface area (Å²) in [5.74, 6) is 0. The van der Waals surface area contributed by atoms with E-state index >= 15 is 0 Å². The number of aromatic nitrogens is 2. The van der Waals surface area contributed by atoms with E-state index in [1.807, 2.05) is 0 Å². The summed E-state index contributed by atoms with van der Waals surface area (Å²) in [4.78, 5) is 3.73. The van der Waals surface area contributed by atoms with E-state index < -0.39 is 0 Å². The number of allylic oxidation sites excluding steroid dienone is 1. The average Bonchev–Trinajstić information content (AvgIpc) is 2.09. The number of nitrogens with zero attached hydrogens (tertiary/aromatic N) is 2. The van der Waals surface area contributed by atoms with E-state index in [-0.39, 0.29) is 6.01 Å². The van der Waals surface area contributed by atoms with Crippen LogP contribution in [0.1, 0.15) is 5.69 Å². The number of methoxy groups -OCH3 is 1. The largest absolute Gasteiger partial charge is 0.708 e. The molecule has 0 bridgehead atoms. The highest BCUT2D eigenvalue weighted by molar-refractivity contribution is 5.00. The second kappa shape index (κ2) is 3.71. The zero-order chi connectivity index (χ0) is 8.97. The Kier molecular flexibility index (Phi) is 2.63. The summed E-state index contributed by atoms with van der Waals surface area (Å²) in [5, 5.41) is 11.3. The van der Waals surface area contributed by atoms with E-state index in [2.05, 4.69) is 11.6 Å². The molecule has 0 saturated carbocycles. The monoisotopic (exact) mass is 166 g/mol. The highest BCUT2D eigenvalue weighted by Gasteiger charge is 2.08. The quantitative estimate of drug-likeness (QED) is 0.372. The van der Waals surface area contributed by atoms with Gasteiger partial charge in [-0.15, -0.1) is 6.58 Å². The predicted molar refractivity (Wildman–Crippen MR) is 43.7 cm³/mol. The summed E-state index contributed by atoms with van der Waals surface area (Å²) in [5.41, 5.74) is 0.580. The Morgan fingerprint density at radius 2 is 2.58 bits per heavy atom. The normalized spacial score (nSPS) is 9.42. The Bertz CT molecular complexity index is 286. The molecular formula is C8H10N2O2. The van der Waals surface area contributed by atoms with Crippen molar-refractivity contribution < 1.29 is 9.47 Å². The van der Waals surface area contributed by atoms with Gasteiger partial charge in [-0.05, 0) is 4.98 Å². The van der Waals surface area contributed by atoms with Crippen LogP contribution in [0.4, 0.5) is 0 Å². The van der Waals surface area contributed by atoms with Gasteiger partial charge in [0.1, 0.15) is 11.9 Å². The SMILES string of the molecule is C=CCc1ccnc(OC)[n+]1[O-]. The fourth-order valence-corrected chi connectivity index (χ4v) is 0.865. The van der Waals surface area contributed by atoms with Gasteiger partial charge in [0.25, 0.3) is 0 Å². The first kappa shape index (κ1) is 8.52. The van der Waals surface area contributed by atoms with E-state index in [0.717, 1.165) is 0 Å². The first-order valence-corrected chi connectivity index (χ1v) is 3.52. The highest BCUT2D eigenvalue weighted by Crippen LogP contribution is 1.99. The maximum Gasteiger partial charge on any atom is 0.501 e. The third-order valence-corrected chi connectivity index (χ3v) is 1.42. The minimum absolute atomic E-state index is 0.0642. The summed E-state index contributed by atoms with van der Waals surface area (Å²) in [6.07, 6.45) is 3.71. The third kappa shape index (κ3) is 1.53. The summed E-state index contributed by atoms with van der Waals surface area (Å²) < 4.78 is 5.39. The van der Waals surface area contributed by atoms with Gasteiger partial charge < -0.3 is 9.94 Å².